The van der Waals surface area contributed by atoms with Crippen molar-refractivity contribution in [1.29, 1.82) is 0 Å². The maximum Gasteiger partial charge on any atom is 0.0712 e. The van der Waals surface area contributed by atoms with E-state index in [-0.39, 0.29) is 5.41 Å². The highest BCUT2D eigenvalue weighted by atomic mass is 14.7. The number of hydrogen-bond donors (Lipinski definition) is 0. The largest absolute Gasteiger partial charge is 0.248 e. The Morgan fingerprint density at radius 1 is 0.760 bits per heavy atom. The molecule has 0 bridgehead atoms. The SMILES string of the molecule is Cc1cccc2nc(-c3cc(C(C)(C)C)c4ccccc4c3)ccc12. The van der Waals surface area contributed by atoms with Crippen molar-refractivity contribution in [1.82, 2.24) is 4.98 Å². The van der Waals surface area contributed by atoms with Gasteiger partial charge in [-0.15, -0.1) is 0 Å². The Balaban J connectivity index is 1.98. The van der Waals surface area contributed by atoms with Gasteiger partial charge in [0, 0.05) is 10.9 Å². The molecule has 0 aliphatic heterocycles. The molecule has 0 saturated heterocycles. The first-order valence-corrected chi connectivity index (χ1v) is 8.83. The Morgan fingerprint density at radius 3 is 2.36 bits per heavy atom. The maximum absolute atomic E-state index is 4.94. The highest BCUT2D eigenvalue weighted by Gasteiger charge is 2.18. The second-order valence-electron chi connectivity index (χ2n) is 7.83. The molecular weight excluding hydrogens is 302 g/mol. The summed E-state index contributed by atoms with van der Waals surface area (Å²) in [5.41, 5.74) is 6.00. The first-order valence-electron chi connectivity index (χ1n) is 8.83. The van der Waals surface area contributed by atoms with Crippen LogP contribution in [0.15, 0.2) is 66.7 Å². The van der Waals surface area contributed by atoms with Gasteiger partial charge in [-0.1, -0.05) is 63.2 Å². The molecular formula is C24H23N. The van der Waals surface area contributed by atoms with E-state index in [4.69, 9.17) is 4.98 Å². The zero-order valence-corrected chi connectivity index (χ0v) is 15.3. The van der Waals surface area contributed by atoms with Crippen molar-refractivity contribution < 1.29 is 0 Å². The molecule has 3 aromatic carbocycles. The predicted molar refractivity (Wildman–Crippen MR) is 108 cm³/mol. The molecule has 25 heavy (non-hydrogen) atoms. The van der Waals surface area contributed by atoms with E-state index >= 15 is 0 Å². The minimum absolute atomic E-state index is 0.0864. The van der Waals surface area contributed by atoms with Gasteiger partial charge in [-0.05, 0) is 58.5 Å². The monoisotopic (exact) mass is 325 g/mol. The van der Waals surface area contributed by atoms with Gasteiger partial charge in [0.15, 0.2) is 0 Å². The van der Waals surface area contributed by atoms with Gasteiger partial charge in [0.25, 0.3) is 0 Å². The molecule has 4 aromatic rings. The molecule has 0 aliphatic rings. The number of aryl methyl sites for hydroxylation is 1. The third-order valence-electron chi connectivity index (χ3n) is 4.92. The highest BCUT2D eigenvalue weighted by Crippen LogP contribution is 2.34. The van der Waals surface area contributed by atoms with E-state index in [9.17, 15) is 0 Å². The average Bonchev–Trinajstić information content (AvgIpc) is 2.60. The summed E-state index contributed by atoms with van der Waals surface area (Å²) in [5, 5.41) is 3.83. The molecule has 0 saturated carbocycles. The fourth-order valence-electron chi connectivity index (χ4n) is 3.55. The van der Waals surface area contributed by atoms with Crippen molar-refractivity contribution in [3.05, 3.63) is 77.9 Å². The summed E-state index contributed by atoms with van der Waals surface area (Å²) in [6.07, 6.45) is 0. The first kappa shape index (κ1) is 15.8. The number of nitrogens with zero attached hydrogens (tertiary/aromatic N) is 1. The Kier molecular flexibility index (Phi) is 3.61. The minimum Gasteiger partial charge on any atom is -0.248 e. The molecule has 124 valence electrons. The molecule has 1 nitrogen and oxygen atoms in total. The molecule has 0 N–H and O–H groups in total. The smallest absolute Gasteiger partial charge is 0.0712 e. The standard InChI is InChI=1S/C24H23N/c1-16-8-7-11-23-19(16)12-13-22(25-23)18-14-17-9-5-6-10-20(17)21(15-18)24(2,3)4/h5-15H,1-4H3. The Bertz CT molecular complexity index is 1080. The van der Waals surface area contributed by atoms with Crippen LogP contribution < -0.4 is 0 Å². The van der Waals surface area contributed by atoms with Crippen molar-refractivity contribution in [3.63, 3.8) is 0 Å². The maximum atomic E-state index is 4.94. The first-order chi connectivity index (χ1) is 11.9. The highest BCUT2D eigenvalue weighted by molar-refractivity contribution is 5.92. The number of aromatic nitrogens is 1. The van der Waals surface area contributed by atoms with Crippen molar-refractivity contribution in [2.45, 2.75) is 33.1 Å². The van der Waals surface area contributed by atoms with Gasteiger partial charge in [0.2, 0.25) is 0 Å². The summed E-state index contributed by atoms with van der Waals surface area (Å²) in [6, 6.07) is 23.9. The van der Waals surface area contributed by atoms with Crippen LogP contribution in [0.4, 0.5) is 0 Å². The summed E-state index contributed by atoms with van der Waals surface area (Å²) in [6.45, 7) is 8.96. The van der Waals surface area contributed by atoms with E-state index in [1.807, 2.05) is 0 Å². The fraction of sp³-hybridized carbons (Fsp3) is 0.208. The van der Waals surface area contributed by atoms with E-state index < -0.39 is 0 Å². The second-order valence-corrected chi connectivity index (χ2v) is 7.83. The molecule has 0 atom stereocenters. The lowest BCUT2D eigenvalue weighted by molar-refractivity contribution is 0.596. The molecule has 0 amide bonds. The summed E-state index contributed by atoms with van der Waals surface area (Å²) in [7, 11) is 0. The van der Waals surface area contributed by atoms with Crippen molar-refractivity contribution >= 4 is 21.7 Å². The zero-order chi connectivity index (χ0) is 17.6. The van der Waals surface area contributed by atoms with Gasteiger partial charge < -0.3 is 0 Å². The molecule has 1 heterocycles. The molecule has 0 aliphatic carbocycles. The molecule has 0 fully saturated rings. The van der Waals surface area contributed by atoms with Crippen LogP contribution in [0.3, 0.4) is 0 Å². The van der Waals surface area contributed by atoms with Crippen molar-refractivity contribution in [3.8, 4) is 11.3 Å². The van der Waals surface area contributed by atoms with Gasteiger partial charge in [-0.25, -0.2) is 4.98 Å². The van der Waals surface area contributed by atoms with Crippen LogP contribution in [0.5, 0.6) is 0 Å². The Labute approximate surface area is 149 Å². The van der Waals surface area contributed by atoms with Crippen LogP contribution in [-0.4, -0.2) is 4.98 Å². The van der Waals surface area contributed by atoms with Crippen LogP contribution in [0.1, 0.15) is 31.9 Å². The average molecular weight is 325 g/mol. The predicted octanol–water partition coefficient (Wildman–Crippen LogP) is 6.66. The van der Waals surface area contributed by atoms with Gasteiger partial charge in [0.1, 0.15) is 0 Å². The van der Waals surface area contributed by atoms with Crippen LogP contribution in [-0.2, 0) is 5.41 Å². The molecule has 0 spiro atoms. The lowest BCUT2D eigenvalue weighted by atomic mass is 9.82. The Hall–Kier alpha value is -2.67. The zero-order valence-electron chi connectivity index (χ0n) is 15.3. The third-order valence-corrected chi connectivity index (χ3v) is 4.92. The van der Waals surface area contributed by atoms with Crippen LogP contribution in [0, 0.1) is 6.92 Å². The third kappa shape index (κ3) is 2.80. The lowest BCUT2D eigenvalue weighted by Crippen LogP contribution is -2.12. The second kappa shape index (κ2) is 5.70. The van der Waals surface area contributed by atoms with E-state index in [1.54, 1.807) is 0 Å². The van der Waals surface area contributed by atoms with E-state index in [2.05, 4.69) is 94.4 Å². The number of fused-ring (bicyclic) bond motifs is 2. The van der Waals surface area contributed by atoms with Crippen LogP contribution in [0.2, 0.25) is 0 Å². The van der Waals surface area contributed by atoms with E-state index in [0.29, 0.717) is 0 Å². The molecule has 1 heteroatoms. The summed E-state index contributed by atoms with van der Waals surface area (Å²) in [5.74, 6) is 0. The minimum atomic E-state index is 0.0864. The lowest BCUT2D eigenvalue weighted by Gasteiger charge is -2.22. The molecule has 4 rings (SSSR count). The number of rotatable bonds is 1. The van der Waals surface area contributed by atoms with Gasteiger partial charge in [-0.2, -0.15) is 0 Å². The quantitative estimate of drug-likeness (QED) is 0.381. The van der Waals surface area contributed by atoms with Gasteiger partial charge >= 0.3 is 0 Å². The van der Waals surface area contributed by atoms with Crippen LogP contribution in [0.25, 0.3) is 32.9 Å². The molecule has 0 unspecified atom stereocenters. The number of pyridine rings is 1. The normalized spacial score (nSPS) is 12.0. The topological polar surface area (TPSA) is 12.9 Å². The van der Waals surface area contributed by atoms with Gasteiger partial charge in [0.05, 0.1) is 11.2 Å². The summed E-state index contributed by atoms with van der Waals surface area (Å²) in [4.78, 5) is 4.94. The summed E-state index contributed by atoms with van der Waals surface area (Å²) < 4.78 is 0. The Morgan fingerprint density at radius 2 is 1.56 bits per heavy atom. The molecule has 1 aromatic heterocycles. The molecule has 0 radical (unpaired) electrons. The van der Waals surface area contributed by atoms with E-state index in [0.717, 1.165) is 11.2 Å². The number of benzene rings is 3. The fourth-order valence-corrected chi connectivity index (χ4v) is 3.55. The van der Waals surface area contributed by atoms with Crippen LogP contribution >= 0.6 is 0 Å². The van der Waals surface area contributed by atoms with Crippen molar-refractivity contribution in [2.24, 2.45) is 0 Å². The summed E-state index contributed by atoms with van der Waals surface area (Å²) >= 11 is 0. The van der Waals surface area contributed by atoms with Gasteiger partial charge in [-0.3, -0.25) is 0 Å². The van der Waals surface area contributed by atoms with Crippen molar-refractivity contribution in [2.75, 3.05) is 0 Å². The number of hydrogen-bond acceptors (Lipinski definition) is 1. The van der Waals surface area contributed by atoms with E-state index in [1.165, 1.54) is 32.8 Å².